The quantitative estimate of drug-likeness (QED) is 0.575. The molecule has 3 rings (SSSR count). The first kappa shape index (κ1) is 18.9. The predicted octanol–water partition coefficient (Wildman–Crippen LogP) is 4.84. The normalized spacial score (nSPS) is 12.0. The Bertz CT molecular complexity index is 779. The van der Waals surface area contributed by atoms with E-state index in [0.29, 0.717) is 0 Å². The highest BCUT2D eigenvalue weighted by atomic mass is 16.4. The van der Waals surface area contributed by atoms with Crippen LogP contribution in [0.2, 0.25) is 0 Å². The maximum absolute atomic E-state index is 11.4. The summed E-state index contributed by atoms with van der Waals surface area (Å²) in [7, 11) is 0. The van der Waals surface area contributed by atoms with Crippen molar-refractivity contribution in [2.75, 3.05) is 0 Å². The van der Waals surface area contributed by atoms with Crippen LogP contribution in [-0.2, 0) is 11.2 Å². The largest absolute Gasteiger partial charge is 0.481 e. The molecule has 0 aliphatic rings. The first-order valence-electron chi connectivity index (χ1n) is 9.34. The Hall–Kier alpha value is -2.91. The number of carbonyl (C=O) groups is 1. The summed E-state index contributed by atoms with van der Waals surface area (Å²) in [5, 5.41) is 13.0. The summed E-state index contributed by atoms with van der Waals surface area (Å²) in [6.45, 7) is 0. The summed E-state index contributed by atoms with van der Waals surface area (Å²) in [5.41, 5.74) is 3.50. The second-order valence-corrected chi connectivity index (χ2v) is 6.74. The van der Waals surface area contributed by atoms with Crippen LogP contribution in [0, 0.1) is 0 Å². The van der Waals surface area contributed by atoms with Gasteiger partial charge >= 0.3 is 5.97 Å². The Morgan fingerprint density at radius 2 is 1.26 bits per heavy atom. The fraction of sp³-hybridized carbons (Fsp3) is 0.208. The maximum atomic E-state index is 11.4. The van der Waals surface area contributed by atoms with E-state index < -0.39 is 5.97 Å². The van der Waals surface area contributed by atoms with Crippen molar-refractivity contribution in [3.8, 4) is 0 Å². The van der Waals surface area contributed by atoms with Crippen LogP contribution in [0.3, 0.4) is 0 Å². The number of nitrogens with one attached hydrogen (secondary N) is 1. The van der Waals surface area contributed by atoms with E-state index in [1.54, 1.807) is 0 Å². The van der Waals surface area contributed by atoms with Gasteiger partial charge in [0, 0.05) is 6.04 Å². The fourth-order valence-electron chi connectivity index (χ4n) is 3.35. The smallest absolute Gasteiger partial charge is 0.304 e. The molecule has 1 atom stereocenters. The average molecular weight is 359 g/mol. The van der Waals surface area contributed by atoms with Gasteiger partial charge in [-0.15, -0.1) is 0 Å². The lowest BCUT2D eigenvalue weighted by molar-refractivity contribution is -0.137. The van der Waals surface area contributed by atoms with Crippen LogP contribution < -0.4 is 5.32 Å². The van der Waals surface area contributed by atoms with Gasteiger partial charge in [0.25, 0.3) is 0 Å². The monoisotopic (exact) mass is 359 g/mol. The Morgan fingerprint density at radius 1 is 0.778 bits per heavy atom. The number of aryl methyl sites for hydroxylation is 1. The number of aliphatic carboxylic acids is 1. The van der Waals surface area contributed by atoms with Gasteiger partial charge in [-0.3, -0.25) is 4.79 Å². The summed E-state index contributed by atoms with van der Waals surface area (Å²) in [6, 6.07) is 30.4. The highest BCUT2D eigenvalue weighted by Crippen LogP contribution is 2.24. The van der Waals surface area contributed by atoms with Gasteiger partial charge in [0.05, 0.1) is 12.5 Å². The minimum absolute atomic E-state index is 0.0347. The molecule has 3 nitrogen and oxygen atoms in total. The molecule has 0 spiro atoms. The Balaban J connectivity index is 1.80. The molecule has 3 heteroatoms. The van der Waals surface area contributed by atoms with Crippen molar-refractivity contribution in [2.24, 2.45) is 0 Å². The van der Waals surface area contributed by atoms with Gasteiger partial charge in [-0.25, -0.2) is 0 Å². The summed E-state index contributed by atoms with van der Waals surface area (Å²) in [6.07, 6.45) is 1.72. The predicted molar refractivity (Wildman–Crippen MR) is 109 cm³/mol. The van der Waals surface area contributed by atoms with Gasteiger partial charge in [0.2, 0.25) is 0 Å². The van der Waals surface area contributed by atoms with Crippen LogP contribution in [0.1, 0.15) is 35.6 Å². The second-order valence-electron chi connectivity index (χ2n) is 6.74. The second kappa shape index (κ2) is 9.70. The van der Waals surface area contributed by atoms with Crippen LogP contribution in [0.25, 0.3) is 0 Å². The molecule has 0 saturated carbocycles. The van der Waals surface area contributed by atoms with E-state index in [9.17, 15) is 9.90 Å². The lowest BCUT2D eigenvalue weighted by Gasteiger charge is -2.26. The van der Waals surface area contributed by atoms with Gasteiger partial charge in [-0.1, -0.05) is 91.0 Å². The lowest BCUT2D eigenvalue weighted by Crippen LogP contribution is -2.35. The van der Waals surface area contributed by atoms with Crippen LogP contribution in [0.5, 0.6) is 0 Å². The lowest BCUT2D eigenvalue weighted by atomic mass is 9.95. The SMILES string of the molecule is O=C(O)CC(CCc1ccccc1)NC(c1ccccc1)c1ccccc1. The molecule has 0 amide bonds. The molecule has 27 heavy (non-hydrogen) atoms. The van der Waals surface area contributed by atoms with E-state index in [4.69, 9.17) is 0 Å². The number of rotatable bonds is 9. The van der Waals surface area contributed by atoms with Crippen LogP contribution in [-0.4, -0.2) is 17.1 Å². The molecular formula is C24H25NO2. The third-order valence-corrected chi connectivity index (χ3v) is 4.71. The Kier molecular flexibility index (Phi) is 6.78. The number of hydrogen-bond acceptors (Lipinski definition) is 2. The van der Waals surface area contributed by atoms with Crippen molar-refractivity contribution in [3.05, 3.63) is 108 Å². The highest BCUT2D eigenvalue weighted by Gasteiger charge is 2.20. The zero-order valence-corrected chi connectivity index (χ0v) is 15.3. The number of hydrogen-bond donors (Lipinski definition) is 2. The van der Waals surface area contributed by atoms with Crippen LogP contribution in [0.4, 0.5) is 0 Å². The Labute approximate surface area is 160 Å². The molecule has 0 bridgehead atoms. The number of carboxylic acids is 1. The zero-order valence-electron chi connectivity index (χ0n) is 15.3. The van der Waals surface area contributed by atoms with Crippen molar-refractivity contribution in [3.63, 3.8) is 0 Å². The molecule has 3 aromatic rings. The van der Waals surface area contributed by atoms with E-state index >= 15 is 0 Å². The first-order chi connectivity index (χ1) is 13.2. The van der Waals surface area contributed by atoms with E-state index in [1.165, 1.54) is 5.56 Å². The van der Waals surface area contributed by atoms with Crippen molar-refractivity contribution in [1.29, 1.82) is 0 Å². The van der Waals surface area contributed by atoms with Gasteiger partial charge in [-0.2, -0.15) is 0 Å². The van der Waals surface area contributed by atoms with Gasteiger partial charge in [0.1, 0.15) is 0 Å². The Morgan fingerprint density at radius 3 is 1.74 bits per heavy atom. The molecule has 138 valence electrons. The highest BCUT2D eigenvalue weighted by molar-refractivity contribution is 5.67. The van der Waals surface area contributed by atoms with Gasteiger partial charge in [0.15, 0.2) is 0 Å². The summed E-state index contributed by atoms with van der Waals surface area (Å²) < 4.78 is 0. The average Bonchev–Trinajstić information content (AvgIpc) is 2.71. The molecule has 0 aromatic heterocycles. The standard InChI is InChI=1S/C24H25NO2/c26-23(27)18-22(17-16-19-10-4-1-5-11-19)25-24(20-12-6-2-7-13-20)21-14-8-3-9-15-21/h1-15,22,24-25H,16-18H2,(H,26,27). The van der Waals surface area contributed by atoms with Crippen molar-refractivity contribution < 1.29 is 9.90 Å². The molecule has 3 aromatic carbocycles. The zero-order chi connectivity index (χ0) is 18.9. The van der Waals surface area contributed by atoms with E-state index in [0.717, 1.165) is 24.0 Å². The van der Waals surface area contributed by atoms with E-state index in [2.05, 4.69) is 41.7 Å². The summed E-state index contributed by atoms with van der Waals surface area (Å²) in [4.78, 5) is 11.4. The first-order valence-corrected chi connectivity index (χ1v) is 9.34. The third kappa shape index (κ3) is 5.80. The fourth-order valence-corrected chi connectivity index (χ4v) is 3.35. The van der Waals surface area contributed by atoms with Crippen molar-refractivity contribution in [1.82, 2.24) is 5.32 Å². The molecule has 0 aliphatic heterocycles. The van der Waals surface area contributed by atoms with E-state index in [-0.39, 0.29) is 18.5 Å². The molecule has 2 N–H and O–H groups in total. The summed E-state index contributed by atoms with van der Waals surface area (Å²) >= 11 is 0. The molecule has 0 fully saturated rings. The number of carboxylic acid groups (broad SMARTS) is 1. The topological polar surface area (TPSA) is 49.3 Å². The minimum atomic E-state index is -0.777. The molecule has 0 heterocycles. The summed E-state index contributed by atoms with van der Waals surface area (Å²) in [5.74, 6) is -0.777. The third-order valence-electron chi connectivity index (χ3n) is 4.71. The van der Waals surface area contributed by atoms with Gasteiger partial charge in [-0.05, 0) is 29.5 Å². The molecule has 0 radical (unpaired) electrons. The van der Waals surface area contributed by atoms with E-state index in [1.807, 2.05) is 54.6 Å². The maximum Gasteiger partial charge on any atom is 0.304 e. The minimum Gasteiger partial charge on any atom is -0.481 e. The van der Waals surface area contributed by atoms with Crippen molar-refractivity contribution in [2.45, 2.75) is 31.3 Å². The van der Waals surface area contributed by atoms with Crippen molar-refractivity contribution >= 4 is 5.97 Å². The molecule has 0 saturated heterocycles. The van der Waals surface area contributed by atoms with Crippen LogP contribution >= 0.6 is 0 Å². The molecule has 0 aliphatic carbocycles. The number of benzene rings is 3. The molecule has 1 unspecified atom stereocenters. The molecular weight excluding hydrogens is 334 g/mol. The van der Waals surface area contributed by atoms with Gasteiger partial charge < -0.3 is 10.4 Å². The van der Waals surface area contributed by atoms with Crippen LogP contribution in [0.15, 0.2) is 91.0 Å².